The van der Waals surface area contributed by atoms with E-state index >= 15 is 0 Å². The third-order valence-electron chi connectivity index (χ3n) is 5.47. The van der Waals surface area contributed by atoms with E-state index in [1.54, 1.807) is 0 Å². The van der Waals surface area contributed by atoms with Crippen molar-refractivity contribution in [2.45, 2.75) is 58.2 Å². The number of cyclic esters (lactones) is 1. The first kappa shape index (κ1) is 16.5. The molecule has 0 unspecified atom stereocenters. The lowest BCUT2D eigenvalue weighted by molar-refractivity contribution is -0.151. The molecule has 3 heteroatoms. The summed E-state index contributed by atoms with van der Waals surface area (Å²) in [6, 6.07) is 0. The summed E-state index contributed by atoms with van der Waals surface area (Å²) in [6.45, 7) is 11.1. The number of allylic oxidation sites excluding steroid dienone is 3. The standard InChI is InChI=1S/C20H28O3/c1-13(2)6-5-7-15-12-22-19(21)18-14(3)8-9-17-20(4,23-17)11-10-16(15)18/h5-7,13,16-18H,3,8-12H2,1-2,4H3/b6-5+,15-7+/t16-,17+,18+,20+/m1/s1. The molecular weight excluding hydrogens is 288 g/mol. The molecule has 0 amide bonds. The predicted octanol–water partition coefficient (Wildman–Crippen LogP) is 4.20. The summed E-state index contributed by atoms with van der Waals surface area (Å²) in [6.07, 6.45) is 10.5. The number of esters is 1. The van der Waals surface area contributed by atoms with Crippen LogP contribution in [0.5, 0.6) is 0 Å². The van der Waals surface area contributed by atoms with E-state index in [-0.39, 0.29) is 23.4 Å². The maximum atomic E-state index is 12.4. The number of hydrogen-bond acceptors (Lipinski definition) is 3. The molecule has 0 bridgehead atoms. The monoisotopic (exact) mass is 316 g/mol. The normalized spacial score (nSPS) is 39.5. The van der Waals surface area contributed by atoms with Crippen LogP contribution in [0.25, 0.3) is 0 Å². The van der Waals surface area contributed by atoms with Crippen LogP contribution in [-0.4, -0.2) is 24.3 Å². The van der Waals surface area contributed by atoms with Crippen molar-refractivity contribution in [2.24, 2.45) is 17.8 Å². The summed E-state index contributed by atoms with van der Waals surface area (Å²) >= 11 is 0. The van der Waals surface area contributed by atoms with Gasteiger partial charge in [-0.3, -0.25) is 4.79 Å². The van der Waals surface area contributed by atoms with Crippen molar-refractivity contribution in [1.82, 2.24) is 0 Å². The minimum atomic E-state index is -0.177. The largest absolute Gasteiger partial charge is 0.461 e. The lowest BCUT2D eigenvalue weighted by Gasteiger charge is -2.34. The summed E-state index contributed by atoms with van der Waals surface area (Å²) < 4.78 is 11.3. The van der Waals surface area contributed by atoms with Crippen LogP contribution in [0.4, 0.5) is 0 Å². The maximum absolute atomic E-state index is 12.4. The Morgan fingerprint density at radius 3 is 2.87 bits per heavy atom. The Labute approximate surface area is 139 Å². The van der Waals surface area contributed by atoms with E-state index in [4.69, 9.17) is 9.47 Å². The van der Waals surface area contributed by atoms with Crippen LogP contribution in [0.2, 0.25) is 0 Å². The first-order valence-corrected chi connectivity index (χ1v) is 8.80. The second-order valence-corrected chi connectivity index (χ2v) is 7.72. The van der Waals surface area contributed by atoms with Crippen molar-refractivity contribution in [3.05, 3.63) is 36.0 Å². The number of carbonyl (C=O) groups excluding carboxylic acids is 1. The summed E-state index contributed by atoms with van der Waals surface area (Å²) in [7, 11) is 0. The molecular formula is C20H28O3. The zero-order valence-electron chi connectivity index (χ0n) is 14.5. The molecule has 3 fully saturated rings. The van der Waals surface area contributed by atoms with Crippen molar-refractivity contribution in [3.63, 3.8) is 0 Å². The second kappa shape index (κ2) is 6.27. The topological polar surface area (TPSA) is 38.8 Å². The third kappa shape index (κ3) is 3.45. The molecule has 2 saturated heterocycles. The lowest BCUT2D eigenvalue weighted by atomic mass is 9.76. The van der Waals surface area contributed by atoms with Gasteiger partial charge in [-0.25, -0.2) is 0 Å². The van der Waals surface area contributed by atoms with Gasteiger partial charge in [-0.15, -0.1) is 0 Å². The Balaban J connectivity index is 1.85. The first-order valence-electron chi connectivity index (χ1n) is 8.80. The van der Waals surface area contributed by atoms with Gasteiger partial charge in [0.15, 0.2) is 0 Å². The quantitative estimate of drug-likeness (QED) is 0.435. The van der Waals surface area contributed by atoms with Gasteiger partial charge in [0, 0.05) is 5.92 Å². The Hall–Kier alpha value is -1.35. The van der Waals surface area contributed by atoms with E-state index in [1.165, 1.54) is 5.57 Å². The lowest BCUT2D eigenvalue weighted by Crippen LogP contribution is -2.36. The predicted molar refractivity (Wildman–Crippen MR) is 90.9 cm³/mol. The minimum Gasteiger partial charge on any atom is -0.461 e. The molecule has 3 aliphatic rings. The highest BCUT2D eigenvalue weighted by Crippen LogP contribution is 2.49. The van der Waals surface area contributed by atoms with Crippen LogP contribution < -0.4 is 0 Å². The molecule has 0 aromatic heterocycles. The Morgan fingerprint density at radius 1 is 1.35 bits per heavy atom. The molecule has 2 aliphatic heterocycles. The van der Waals surface area contributed by atoms with Gasteiger partial charge >= 0.3 is 5.97 Å². The van der Waals surface area contributed by atoms with Gasteiger partial charge in [-0.05, 0) is 44.1 Å². The molecule has 126 valence electrons. The van der Waals surface area contributed by atoms with Gasteiger partial charge in [0.1, 0.15) is 6.61 Å². The average molecular weight is 316 g/mol. The summed E-state index contributed by atoms with van der Waals surface area (Å²) in [5, 5.41) is 0. The molecule has 3 rings (SSSR count). The molecule has 2 heterocycles. The zero-order valence-corrected chi connectivity index (χ0v) is 14.5. The molecule has 0 radical (unpaired) electrons. The Bertz CT molecular complexity index is 557. The summed E-state index contributed by atoms with van der Waals surface area (Å²) in [4.78, 5) is 12.4. The molecule has 0 aromatic carbocycles. The molecule has 0 spiro atoms. The number of epoxide rings is 1. The van der Waals surface area contributed by atoms with Crippen LogP contribution in [0.3, 0.4) is 0 Å². The van der Waals surface area contributed by atoms with Crippen LogP contribution in [-0.2, 0) is 14.3 Å². The minimum absolute atomic E-state index is 0.00933. The molecule has 0 aromatic rings. The van der Waals surface area contributed by atoms with Crippen molar-refractivity contribution in [2.75, 3.05) is 6.61 Å². The van der Waals surface area contributed by atoms with Gasteiger partial charge in [0.2, 0.25) is 0 Å². The average Bonchev–Trinajstić information content (AvgIpc) is 3.13. The molecule has 3 nitrogen and oxygen atoms in total. The van der Waals surface area contributed by atoms with Gasteiger partial charge in [-0.2, -0.15) is 0 Å². The fourth-order valence-electron chi connectivity index (χ4n) is 3.90. The highest BCUT2D eigenvalue weighted by atomic mass is 16.6. The Kier molecular flexibility index (Phi) is 4.50. The van der Waals surface area contributed by atoms with E-state index < -0.39 is 0 Å². The van der Waals surface area contributed by atoms with Crippen LogP contribution in [0.15, 0.2) is 36.0 Å². The van der Waals surface area contributed by atoms with Crippen LogP contribution in [0, 0.1) is 17.8 Å². The highest BCUT2D eigenvalue weighted by molar-refractivity contribution is 5.78. The van der Waals surface area contributed by atoms with Gasteiger partial charge in [0.25, 0.3) is 0 Å². The summed E-state index contributed by atoms with van der Waals surface area (Å²) in [5.41, 5.74) is 2.24. The molecule has 1 aliphatic carbocycles. The van der Waals surface area contributed by atoms with Crippen molar-refractivity contribution in [1.29, 1.82) is 0 Å². The van der Waals surface area contributed by atoms with E-state index in [9.17, 15) is 4.79 Å². The van der Waals surface area contributed by atoms with E-state index in [2.05, 4.69) is 45.6 Å². The van der Waals surface area contributed by atoms with Gasteiger partial charge in [0.05, 0.1) is 17.6 Å². The molecule has 1 saturated carbocycles. The fraction of sp³-hybridized carbons (Fsp3) is 0.650. The van der Waals surface area contributed by atoms with Crippen molar-refractivity contribution < 1.29 is 14.3 Å². The SMILES string of the molecule is C=C1CC[C@@H]2O[C@@]2(C)CC[C@@H]2/C(=C/C=C/C(C)C)COC(=O)[C@@H]12. The van der Waals surface area contributed by atoms with Crippen LogP contribution in [0.1, 0.15) is 46.5 Å². The first-order chi connectivity index (χ1) is 10.9. The fourth-order valence-corrected chi connectivity index (χ4v) is 3.90. The smallest absolute Gasteiger partial charge is 0.313 e. The second-order valence-electron chi connectivity index (χ2n) is 7.72. The summed E-state index contributed by atoms with van der Waals surface area (Å²) in [5.74, 6) is 0.458. The number of ether oxygens (including phenoxy) is 2. The number of fused-ring (bicyclic) bond motifs is 2. The van der Waals surface area contributed by atoms with E-state index in [0.29, 0.717) is 18.6 Å². The number of rotatable bonds is 2. The zero-order chi connectivity index (χ0) is 16.6. The highest BCUT2D eigenvalue weighted by Gasteiger charge is 2.53. The van der Waals surface area contributed by atoms with E-state index in [0.717, 1.165) is 31.3 Å². The molecule has 0 N–H and O–H groups in total. The molecule has 4 atom stereocenters. The number of hydrogen-bond donors (Lipinski definition) is 0. The Morgan fingerprint density at radius 2 is 2.13 bits per heavy atom. The third-order valence-corrected chi connectivity index (χ3v) is 5.47. The van der Waals surface area contributed by atoms with Crippen LogP contribution >= 0.6 is 0 Å². The van der Waals surface area contributed by atoms with Crippen molar-refractivity contribution >= 4 is 5.97 Å². The van der Waals surface area contributed by atoms with Crippen molar-refractivity contribution in [3.8, 4) is 0 Å². The van der Waals surface area contributed by atoms with Gasteiger partial charge < -0.3 is 9.47 Å². The molecule has 23 heavy (non-hydrogen) atoms. The number of carbonyl (C=O) groups is 1. The van der Waals surface area contributed by atoms with Gasteiger partial charge in [-0.1, -0.05) is 44.2 Å². The maximum Gasteiger partial charge on any atom is 0.313 e. The van der Waals surface area contributed by atoms with E-state index in [1.807, 2.05) is 0 Å².